The van der Waals surface area contributed by atoms with Crippen molar-refractivity contribution in [2.24, 2.45) is 4.99 Å². The fourth-order valence-electron chi connectivity index (χ4n) is 2.30. The summed E-state index contributed by atoms with van der Waals surface area (Å²) >= 11 is 2.68. The molecular weight excluding hydrogens is 370 g/mol. The predicted molar refractivity (Wildman–Crippen MR) is 103 cm³/mol. The minimum Gasteiger partial charge on any atom is -0.304 e. The number of rotatable bonds is 5. The Morgan fingerprint density at radius 3 is 2.77 bits per heavy atom. The van der Waals surface area contributed by atoms with Gasteiger partial charge in [-0.3, -0.25) is 14.9 Å². The Morgan fingerprint density at radius 2 is 2.08 bits per heavy atom. The summed E-state index contributed by atoms with van der Waals surface area (Å²) in [6.07, 6.45) is 5.41. The lowest BCUT2D eigenvalue weighted by Crippen LogP contribution is -2.17. The van der Waals surface area contributed by atoms with Crippen molar-refractivity contribution in [3.8, 4) is 12.3 Å². The molecule has 0 atom stereocenters. The summed E-state index contributed by atoms with van der Waals surface area (Å²) in [6.45, 7) is 0.180. The summed E-state index contributed by atoms with van der Waals surface area (Å²) < 4.78 is 2.44. The van der Waals surface area contributed by atoms with Gasteiger partial charge in [-0.05, 0) is 18.2 Å². The molecule has 0 aliphatic heterocycles. The van der Waals surface area contributed by atoms with Crippen LogP contribution < -0.4 is 4.80 Å². The Bertz CT molecular complexity index is 1080. The predicted octanol–water partition coefficient (Wildman–Crippen LogP) is 3.46. The standard InChI is InChI=1S/C18H13N3O3S2/c1-2-10-20-15-11-13(21(23)24)8-9-16(15)26-18(20)19-17(22)12-25-14-6-4-3-5-7-14/h1,3-9,11H,10,12H2. The highest BCUT2D eigenvalue weighted by atomic mass is 32.2. The van der Waals surface area contributed by atoms with Crippen molar-refractivity contribution in [1.29, 1.82) is 0 Å². The number of terminal acetylenes is 1. The Hall–Kier alpha value is -2.89. The molecule has 0 N–H and O–H groups in total. The fraction of sp³-hybridized carbons (Fsp3) is 0.111. The van der Waals surface area contributed by atoms with Crippen molar-refractivity contribution < 1.29 is 9.72 Å². The number of hydrogen-bond donors (Lipinski definition) is 0. The van der Waals surface area contributed by atoms with Crippen LogP contribution in [0.1, 0.15) is 0 Å². The third-order valence-corrected chi connectivity index (χ3v) is 5.51. The third-order valence-electron chi connectivity index (χ3n) is 3.45. The molecule has 0 saturated carbocycles. The van der Waals surface area contributed by atoms with Crippen molar-refractivity contribution in [1.82, 2.24) is 4.57 Å². The molecule has 1 heterocycles. The molecule has 0 fully saturated rings. The topological polar surface area (TPSA) is 77.5 Å². The molecule has 8 heteroatoms. The number of thioether (sulfide) groups is 1. The van der Waals surface area contributed by atoms with E-state index in [1.54, 1.807) is 10.6 Å². The molecule has 1 amide bonds. The molecular formula is C18H13N3O3S2. The summed E-state index contributed by atoms with van der Waals surface area (Å²) in [6, 6.07) is 14.1. The highest BCUT2D eigenvalue weighted by Crippen LogP contribution is 2.23. The monoisotopic (exact) mass is 383 g/mol. The van der Waals surface area contributed by atoms with E-state index in [4.69, 9.17) is 6.42 Å². The van der Waals surface area contributed by atoms with Crippen LogP contribution >= 0.6 is 23.1 Å². The molecule has 3 aromatic rings. The quantitative estimate of drug-likeness (QED) is 0.293. The highest BCUT2D eigenvalue weighted by Gasteiger charge is 2.12. The van der Waals surface area contributed by atoms with Crippen molar-refractivity contribution in [2.45, 2.75) is 11.4 Å². The Morgan fingerprint density at radius 1 is 1.31 bits per heavy atom. The number of nitrogens with zero attached hydrogens (tertiary/aromatic N) is 3. The van der Waals surface area contributed by atoms with Gasteiger partial charge in [0.25, 0.3) is 11.6 Å². The molecule has 6 nitrogen and oxygen atoms in total. The van der Waals surface area contributed by atoms with Crippen LogP contribution in [0.15, 0.2) is 58.4 Å². The molecule has 0 unspecified atom stereocenters. The average molecular weight is 383 g/mol. The smallest absolute Gasteiger partial charge is 0.271 e. The van der Waals surface area contributed by atoms with Gasteiger partial charge in [0.05, 0.1) is 27.4 Å². The highest BCUT2D eigenvalue weighted by molar-refractivity contribution is 8.00. The van der Waals surface area contributed by atoms with Crippen LogP contribution in [0.2, 0.25) is 0 Å². The maximum atomic E-state index is 12.2. The van der Waals surface area contributed by atoms with Crippen LogP contribution in [0.5, 0.6) is 0 Å². The first kappa shape index (κ1) is 17.9. The van der Waals surface area contributed by atoms with Gasteiger partial charge >= 0.3 is 0 Å². The number of carbonyl (C=O) groups is 1. The zero-order valence-corrected chi connectivity index (χ0v) is 15.1. The average Bonchev–Trinajstić information content (AvgIpc) is 2.97. The number of non-ortho nitro benzene ring substituents is 1. The Labute approximate surface area is 157 Å². The molecule has 0 bridgehead atoms. The van der Waals surface area contributed by atoms with E-state index in [9.17, 15) is 14.9 Å². The minimum atomic E-state index is -0.463. The van der Waals surface area contributed by atoms with Gasteiger partial charge in [0, 0.05) is 17.0 Å². The van der Waals surface area contributed by atoms with Gasteiger partial charge in [-0.25, -0.2) is 0 Å². The van der Waals surface area contributed by atoms with Crippen molar-refractivity contribution in [3.63, 3.8) is 0 Å². The number of aromatic nitrogens is 1. The van der Waals surface area contributed by atoms with Crippen LogP contribution in [-0.2, 0) is 11.3 Å². The van der Waals surface area contributed by atoms with Gasteiger partial charge in [0.2, 0.25) is 0 Å². The summed E-state index contributed by atoms with van der Waals surface area (Å²) in [5, 5.41) is 11.0. The van der Waals surface area contributed by atoms with E-state index < -0.39 is 4.92 Å². The number of fused-ring (bicyclic) bond motifs is 1. The van der Waals surface area contributed by atoms with E-state index in [0.29, 0.717) is 10.3 Å². The summed E-state index contributed by atoms with van der Waals surface area (Å²) in [5.74, 6) is 2.42. The normalized spacial score (nSPS) is 11.4. The van der Waals surface area contributed by atoms with Crippen LogP contribution in [0.3, 0.4) is 0 Å². The van der Waals surface area contributed by atoms with Crippen LogP contribution in [0.25, 0.3) is 10.2 Å². The number of amides is 1. The van der Waals surface area contributed by atoms with Gasteiger partial charge in [-0.1, -0.05) is 35.5 Å². The molecule has 0 radical (unpaired) electrons. The number of nitro benzene ring substituents is 1. The van der Waals surface area contributed by atoms with Crippen molar-refractivity contribution in [3.05, 3.63) is 63.4 Å². The van der Waals surface area contributed by atoms with Gasteiger partial charge in [-0.2, -0.15) is 4.99 Å². The van der Waals surface area contributed by atoms with Gasteiger partial charge in [0.15, 0.2) is 4.80 Å². The second-order valence-corrected chi connectivity index (χ2v) is 7.25. The molecule has 130 valence electrons. The second kappa shape index (κ2) is 7.99. The summed E-state index contributed by atoms with van der Waals surface area (Å²) in [5.41, 5.74) is 0.572. The van der Waals surface area contributed by atoms with Crippen molar-refractivity contribution in [2.75, 3.05) is 5.75 Å². The number of thiazole rings is 1. The maximum absolute atomic E-state index is 12.2. The first-order chi connectivity index (χ1) is 12.6. The first-order valence-corrected chi connectivity index (χ1v) is 9.35. The summed E-state index contributed by atoms with van der Waals surface area (Å²) in [7, 11) is 0. The lowest BCUT2D eigenvalue weighted by atomic mass is 10.3. The molecule has 2 aromatic carbocycles. The lowest BCUT2D eigenvalue weighted by Gasteiger charge is -2.00. The number of hydrogen-bond acceptors (Lipinski definition) is 5. The molecule has 26 heavy (non-hydrogen) atoms. The molecule has 0 spiro atoms. The zero-order valence-electron chi connectivity index (χ0n) is 13.5. The van der Waals surface area contributed by atoms with E-state index in [2.05, 4.69) is 10.9 Å². The van der Waals surface area contributed by atoms with E-state index in [0.717, 1.165) is 9.60 Å². The Balaban J connectivity index is 1.93. The first-order valence-electron chi connectivity index (χ1n) is 7.55. The minimum absolute atomic E-state index is 0.0291. The van der Waals surface area contributed by atoms with Crippen LogP contribution in [0, 0.1) is 22.5 Å². The maximum Gasteiger partial charge on any atom is 0.271 e. The Kier molecular flexibility index (Phi) is 5.51. The van der Waals surface area contributed by atoms with Gasteiger partial charge in [0.1, 0.15) is 0 Å². The van der Waals surface area contributed by atoms with Crippen molar-refractivity contribution >= 4 is 44.9 Å². The van der Waals surface area contributed by atoms with Gasteiger partial charge < -0.3 is 4.57 Å². The zero-order chi connectivity index (χ0) is 18.5. The summed E-state index contributed by atoms with van der Waals surface area (Å²) in [4.78, 5) is 28.4. The lowest BCUT2D eigenvalue weighted by molar-refractivity contribution is -0.384. The number of carbonyl (C=O) groups excluding carboxylic acids is 1. The van der Waals surface area contributed by atoms with Gasteiger partial charge in [-0.15, -0.1) is 18.2 Å². The van der Waals surface area contributed by atoms with E-state index in [-0.39, 0.29) is 23.9 Å². The molecule has 3 rings (SSSR count). The largest absolute Gasteiger partial charge is 0.304 e. The second-order valence-electron chi connectivity index (χ2n) is 5.19. The molecule has 1 aromatic heterocycles. The molecule has 0 saturated heterocycles. The van der Waals surface area contributed by atoms with E-state index >= 15 is 0 Å². The fourth-order valence-corrected chi connectivity index (χ4v) is 4.03. The molecule has 0 aliphatic rings. The van der Waals surface area contributed by atoms with Crippen LogP contribution in [0.4, 0.5) is 5.69 Å². The van der Waals surface area contributed by atoms with E-state index in [1.165, 1.54) is 35.2 Å². The van der Waals surface area contributed by atoms with E-state index in [1.807, 2.05) is 30.3 Å². The molecule has 0 aliphatic carbocycles. The number of benzene rings is 2. The van der Waals surface area contributed by atoms with Crippen LogP contribution in [-0.4, -0.2) is 21.2 Å². The SMILES string of the molecule is C#CCn1c(=NC(=O)CSc2ccccc2)sc2ccc([N+](=O)[O-])cc21. The third kappa shape index (κ3) is 4.02. The number of nitro groups is 1.